The van der Waals surface area contributed by atoms with Gasteiger partial charge in [-0.25, -0.2) is 13.1 Å². The molecule has 1 atom stereocenters. The summed E-state index contributed by atoms with van der Waals surface area (Å²) in [4.78, 5) is 10.2. The van der Waals surface area contributed by atoms with Gasteiger partial charge in [0.1, 0.15) is 0 Å². The quantitative estimate of drug-likeness (QED) is 0.553. The topological polar surface area (TPSA) is 104 Å². The fourth-order valence-corrected chi connectivity index (χ4v) is 2.52. The highest BCUT2D eigenvalue weighted by Gasteiger charge is 2.19. The van der Waals surface area contributed by atoms with E-state index in [1.165, 1.54) is 0 Å². The van der Waals surface area contributed by atoms with Crippen LogP contribution in [0.15, 0.2) is 0 Å². The van der Waals surface area contributed by atoms with Crippen molar-refractivity contribution < 1.29 is 23.4 Å². The second-order valence-electron chi connectivity index (χ2n) is 3.95. The number of aliphatic carboxylic acids is 1. The molecule has 6 nitrogen and oxygen atoms in total. The molecule has 0 spiro atoms. The Balaban J connectivity index is 4.13. The molecule has 7 heteroatoms. The van der Waals surface area contributed by atoms with E-state index in [1.54, 1.807) is 0 Å². The van der Waals surface area contributed by atoms with Crippen LogP contribution in [0.4, 0.5) is 0 Å². The number of hydrogen-bond donors (Lipinski definition) is 3. The average Bonchev–Trinajstić information content (AvgIpc) is 2.26. The molecule has 0 heterocycles. The van der Waals surface area contributed by atoms with Gasteiger partial charge in [-0.2, -0.15) is 0 Å². The summed E-state index contributed by atoms with van der Waals surface area (Å²) in [6.45, 7) is 3.79. The third kappa shape index (κ3) is 7.30. The van der Waals surface area contributed by atoms with Crippen molar-refractivity contribution in [2.24, 2.45) is 5.92 Å². The van der Waals surface area contributed by atoms with E-state index in [9.17, 15) is 18.3 Å². The van der Waals surface area contributed by atoms with Crippen LogP contribution in [0, 0.1) is 5.92 Å². The maximum atomic E-state index is 11.4. The summed E-state index contributed by atoms with van der Waals surface area (Å²) in [7, 11) is -3.61. The number of sulfonamides is 1. The van der Waals surface area contributed by atoms with Crippen LogP contribution in [-0.4, -0.2) is 43.0 Å². The second-order valence-corrected chi connectivity index (χ2v) is 5.88. The molecule has 3 N–H and O–H groups in total. The molecular weight excluding hydrogens is 246 g/mol. The summed E-state index contributed by atoms with van der Waals surface area (Å²) in [6, 6.07) is 0. The van der Waals surface area contributed by atoms with Crippen molar-refractivity contribution in [2.45, 2.75) is 39.2 Å². The maximum Gasteiger partial charge on any atom is 0.304 e. The molecule has 0 bridgehead atoms. The van der Waals surface area contributed by atoms with Crippen molar-refractivity contribution in [3.63, 3.8) is 0 Å². The SMILES string of the molecule is CCC(CC)C(O)CNS(=O)(=O)CCC(=O)O. The van der Waals surface area contributed by atoms with E-state index in [-0.39, 0.29) is 12.5 Å². The van der Waals surface area contributed by atoms with E-state index >= 15 is 0 Å². The van der Waals surface area contributed by atoms with Crippen LogP contribution in [0.2, 0.25) is 0 Å². The molecule has 0 aliphatic carbocycles. The molecule has 0 rings (SSSR count). The van der Waals surface area contributed by atoms with Crippen LogP contribution >= 0.6 is 0 Å². The van der Waals surface area contributed by atoms with Gasteiger partial charge in [-0.05, 0) is 5.92 Å². The minimum atomic E-state index is -3.61. The molecular formula is C10H21NO5S. The third-order valence-electron chi connectivity index (χ3n) is 2.69. The highest BCUT2D eigenvalue weighted by atomic mass is 32.2. The van der Waals surface area contributed by atoms with Crippen LogP contribution in [-0.2, 0) is 14.8 Å². The summed E-state index contributed by atoms with van der Waals surface area (Å²) >= 11 is 0. The van der Waals surface area contributed by atoms with Crippen LogP contribution in [0.25, 0.3) is 0 Å². The molecule has 102 valence electrons. The van der Waals surface area contributed by atoms with Gasteiger partial charge in [0, 0.05) is 6.54 Å². The molecule has 0 aromatic carbocycles. The Morgan fingerprint density at radius 3 is 2.24 bits per heavy atom. The van der Waals surface area contributed by atoms with E-state index < -0.39 is 34.3 Å². The summed E-state index contributed by atoms with van der Waals surface area (Å²) in [5.41, 5.74) is 0. The van der Waals surface area contributed by atoms with Gasteiger partial charge in [0.2, 0.25) is 10.0 Å². The average molecular weight is 267 g/mol. The van der Waals surface area contributed by atoms with Gasteiger partial charge >= 0.3 is 5.97 Å². The Morgan fingerprint density at radius 1 is 1.29 bits per heavy atom. The van der Waals surface area contributed by atoms with Gasteiger partial charge in [0.15, 0.2) is 0 Å². The molecule has 0 fully saturated rings. The summed E-state index contributed by atoms with van der Waals surface area (Å²) in [5, 5.41) is 18.1. The minimum Gasteiger partial charge on any atom is -0.481 e. The van der Waals surface area contributed by atoms with E-state index in [4.69, 9.17) is 5.11 Å². The highest BCUT2D eigenvalue weighted by molar-refractivity contribution is 7.89. The lowest BCUT2D eigenvalue weighted by molar-refractivity contribution is -0.136. The Bertz CT molecular complexity index is 324. The van der Waals surface area contributed by atoms with Gasteiger partial charge in [-0.15, -0.1) is 0 Å². The fourth-order valence-electron chi connectivity index (χ4n) is 1.51. The zero-order valence-electron chi connectivity index (χ0n) is 10.2. The lowest BCUT2D eigenvalue weighted by Crippen LogP contribution is -2.37. The zero-order valence-corrected chi connectivity index (χ0v) is 11.0. The Morgan fingerprint density at radius 2 is 1.82 bits per heavy atom. The maximum absolute atomic E-state index is 11.4. The second kappa shape index (κ2) is 7.62. The van der Waals surface area contributed by atoms with E-state index in [0.29, 0.717) is 0 Å². The van der Waals surface area contributed by atoms with Crippen molar-refractivity contribution in [1.29, 1.82) is 0 Å². The predicted molar refractivity (Wildman–Crippen MR) is 64.1 cm³/mol. The number of hydrogen-bond acceptors (Lipinski definition) is 4. The number of carboxylic acids is 1. The standard InChI is InChI=1S/C10H21NO5S/c1-3-8(4-2)9(12)7-11-17(15,16)6-5-10(13)14/h8-9,11-12H,3-7H2,1-2H3,(H,13,14). The minimum absolute atomic E-state index is 0.0529. The molecule has 17 heavy (non-hydrogen) atoms. The first-order valence-electron chi connectivity index (χ1n) is 5.69. The van der Waals surface area contributed by atoms with Gasteiger partial charge in [-0.3, -0.25) is 4.79 Å². The van der Waals surface area contributed by atoms with Crippen LogP contribution in [0.1, 0.15) is 33.1 Å². The lowest BCUT2D eigenvalue weighted by atomic mass is 9.97. The summed E-state index contributed by atoms with van der Waals surface area (Å²) < 4.78 is 24.9. The van der Waals surface area contributed by atoms with Crippen molar-refractivity contribution in [1.82, 2.24) is 4.72 Å². The fraction of sp³-hybridized carbons (Fsp3) is 0.900. The molecule has 0 aliphatic rings. The zero-order chi connectivity index (χ0) is 13.5. The highest BCUT2D eigenvalue weighted by Crippen LogP contribution is 2.12. The number of carbonyl (C=O) groups is 1. The third-order valence-corrected chi connectivity index (χ3v) is 4.04. The van der Waals surface area contributed by atoms with Gasteiger partial charge < -0.3 is 10.2 Å². The van der Waals surface area contributed by atoms with Crippen LogP contribution < -0.4 is 4.72 Å². The molecule has 1 unspecified atom stereocenters. The number of nitrogens with one attached hydrogen (secondary N) is 1. The van der Waals surface area contributed by atoms with Crippen molar-refractivity contribution in [2.75, 3.05) is 12.3 Å². The predicted octanol–water partition coefficient (Wildman–Crippen LogP) is 0.178. The monoisotopic (exact) mass is 267 g/mol. The normalized spacial score (nSPS) is 13.9. The first-order valence-corrected chi connectivity index (χ1v) is 7.34. The van der Waals surface area contributed by atoms with Crippen molar-refractivity contribution in [3.05, 3.63) is 0 Å². The number of rotatable bonds is 9. The molecule has 0 aromatic heterocycles. The molecule has 0 radical (unpaired) electrons. The number of aliphatic hydroxyl groups is 1. The number of aliphatic hydroxyl groups excluding tert-OH is 1. The van der Waals surface area contributed by atoms with E-state index in [1.807, 2.05) is 13.8 Å². The van der Waals surface area contributed by atoms with Crippen molar-refractivity contribution in [3.8, 4) is 0 Å². The first-order chi connectivity index (χ1) is 7.82. The van der Waals surface area contributed by atoms with Gasteiger partial charge in [-0.1, -0.05) is 26.7 Å². The Labute approximate surface area is 102 Å². The van der Waals surface area contributed by atoms with Gasteiger partial charge in [0.25, 0.3) is 0 Å². The smallest absolute Gasteiger partial charge is 0.304 e. The molecule has 0 aliphatic heterocycles. The first kappa shape index (κ1) is 16.3. The molecule has 0 saturated carbocycles. The Hall–Kier alpha value is -0.660. The molecule has 0 amide bonds. The van der Waals surface area contributed by atoms with Crippen molar-refractivity contribution >= 4 is 16.0 Å². The lowest BCUT2D eigenvalue weighted by Gasteiger charge is -2.20. The van der Waals surface area contributed by atoms with Crippen LogP contribution in [0.3, 0.4) is 0 Å². The summed E-state index contributed by atoms with van der Waals surface area (Å²) in [6.07, 6.45) is 0.379. The molecule has 0 aromatic rings. The molecule has 0 saturated heterocycles. The number of carboxylic acid groups (broad SMARTS) is 1. The largest absolute Gasteiger partial charge is 0.481 e. The summed E-state index contributed by atoms with van der Waals surface area (Å²) in [5.74, 6) is -1.56. The van der Waals surface area contributed by atoms with Gasteiger partial charge in [0.05, 0.1) is 18.3 Å². The Kier molecular flexibility index (Phi) is 7.33. The van der Waals surface area contributed by atoms with E-state index in [0.717, 1.165) is 12.8 Å². The van der Waals surface area contributed by atoms with Crippen LogP contribution in [0.5, 0.6) is 0 Å². The van der Waals surface area contributed by atoms with E-state index in [2.05, 4.69) is 4.72 Å².